The van der Waals surface area contributed by atoms with Gasteiger partial charge in [0, 0.05) is 19.5 Å². The molecule has 0 unspecified atom stereocenters. The fourth-order valence-corrected chi connectivity index (χ4v) is 3.25. The Morgan fingerprint density at radius 3 is 2.43 bits per heavy atom. The number of methoxy groups -OCH3 is 1. The topological polar surface area (TPSA) is 67.9 Å². The second-order valence-electron chi connectivity index (χ2n) is 6.96. The summed E-state index contributed by atoms with van der Waals surface area (Å²) in [4.78, 5) is 27.3. The maximum absolute atomic E-state index is 13.1. The Kier molecular flexibility index (Phi) is 9.71. The van der Waals surface area contributed by atoms with E-state index >= 15 is 0 Å². The van der Waals surface area contributed by atoms with E-state index in [1.807, 2.05) is 68.4 Å². The van der Waals surface area contributed by atoms with Gasteiger partial charge in [-0.3, -0.25) is 9.59 Å². The number of ether oxygens (including phenoxy) is 2. The van der Waals surface area contributed by atoms with E-state index in [0.29, 0.717) is 39.0 Å². The fourth-order valence-electron chi connectivity index (χ4n) is 3.25. The highest BCUT2D eigenvalue weighted by Crippen LogP contribution is 2.18. The second kappa shape index (κ2) is 12.5. The summed E-state index contributed by atoms with van der Waals surface area (Å²) in [5.74, 6) is 1.32. The zero-order valence-electron chi connectivity index (χ0n) is 18.1. The molecule has 2 amide bonds. The van der Waals surface area contributed by atoms with Gasteiger partial charge < -0.3 is 19.7 Å². The lowest BCUT2D eigenvalue weighted by Crippen LogP contribution is -2.49. The van der Waals surface area contributed by atoms with Gasteiger partial charge >= 0.3 is 0 Å². The molecular formula is C24H32N2O4. The standard InChI is InChI=1S/C24H32N2O4/c1-4-22(24(28)25-5-2)26(18-19-11-9-14-21(17-19)29-3)23(27)15-10-16-30-20-12-7-6-8-13-20/h6-9,11-14,17,22H,4-5,10,15-16,18H2,1-3H3,(H,25,28)/t22-/m0/s1. The summed E-state index contributed by atoms with van der Waals surface area (Å²) < 4.78 is 11.0. The van der Waals surface area contributed by atoms with Gasteiger partial charge in [-0.1, -0.05) is 37.3 Å². The van der Waals surface area contributed by atoms with Crippen molar-refractivity contribution in [3.63, 3.8) is 0 Å². The maximum Gasteiger partial charge on any atom is 0.242 e. The maximum atomic E-state index is 13.1. The lowest BCUT2D eigenvalue weighted by Gasteiger charge is -2.30. The minimum Gasteiger partial charge on any atom is -0.497 e. The van der Waals surface area contributed by atoms with Crippen LogP contribution in [0, 0.1) is 0 Å². The van der Waals surface area contributed by atoms with Crippen LogP contribution in [0.1, 0.15) is 38.7 Å². The Morgan fingerprint density at radius 1 is 1.03 bits per heavy atom. The number of likely N-dealkylation sites (N-methyl/N-ethyl adjacent to an activating group) is 1. The average molecular weight is 413 g/mol. The van der Waals surface area contributed by atoms with Gasteiger partial charge in [-0.05, 0) is 49.6 Å². The number of para-hydroxylation sites is 1. The molecule has 0 aliphatic rings. The van der Waals surface area contributed by atoms with Crippen LogP contribution in [0.15, 0.2) is 54.6 Å². The molecule has 6 heteroatoms. The lowest BCUT2D eigenvalue weighted by molar-refractivity contribution is -0.141. The van der Waals surface area contributed by atoms with Crippen molar-refractivity contribution in [2.75, 3.05) is 20.3 Å². The monoisotopic (exact) mass is 412 g/mol. The van der Waals surface area contributed by atoms with Gasteiger partial charge in [-0.15, -0.1) is 0 Å². The summed E-state index contributed by atoms with van der Waals surface area (Å²) in [6.07, 6.45) is 1.43. The van der Waals surface area contributed by atoms with Crippen molar-refractivity contribution in [2.24, 2.45) is 0 Å². The molecule has 1 atom stereocenters. The van der Waals surface area contributed by atoms with Crippen molar-refractivity contribution in [3.05, 3.63) is 60.2 Å². The normalized spacial score (nSPS) is 11.4. The molecular weight excluding hydrogens is 380 g/mol. The average Bonchev–Trinajstić information content (AvgIpc) is 2.77. The van der Waals surface area contributed by atoms with Crippen LogP contribution in [0.25, 0.3) is 0 Å². The molecule has 162 valence electrons. The molecule has 2 aromatic carbocycles. The summed E-state index contributed by atoms with van der Waals surface area (Å²) in [5.41, 5.74) is 0.922. The van der Waals surface area contributed by atoms with E-state index in [1.54, 1.807) is 12.0 Å². The largest absolute Gasteiger partial charge is 0.497 e. The van der Waals surface area contributed by atoms with E-state index in [-0.39, 0.29) is 11.8 Å². The van der Waals surface area contributed by atoms with E-state index in [2.05, 4.69) is 5.32 Å². The molecule has 0 radical (unpaired) electrons. The highest BCUT2D eigenvalue weighted by molar-refractivity contribution is 5.87. The first kappa shape index (κ1) is 23.3. The molecule has 1 N–H and O–H groups in total. The third-order valence-corrected chi connectivity index (χ3v) is 4.77. The summed E-state index contributed by atoms with van der Waals surface area (Å²) in [5, 5.41) is 2.85. The van der Waals surface area contributed by atoms with Crippen LogP contribution in [-0.2, 0) is 16.1 Å². The fraction of sp³-hybridized carbons (Fsp3) is 0.417. The van der Waals surface area contributed by atoms with Crippen LogP contribution in [0.5, 0.6) is 11.5 Å². The minimum absolute atomic E-state index is 0.0624. The van der Waals surface area contributed by atoms with Gasteiger partial charge in [0.25, 0.3) is 0 Å². The van der Waals surface area contributed by atoms with Gasteiger partial charge in [0.2, 0.25) is 11.8 Å². The van der Waals surface area contributed by atoms with E-state index in [1.165, 1.54) is 0 Å². The smallest absolute Gasteiger partial charge is 0.242 e. The molecule has 0 fully saturated rings. The quantitative estimate of drug-likeness (QED) is 0.539. The molecule has 0 aliphatic carbocycles. The van der Waals surface area contributed by atoms with Crippen LogP contribution < -0.4 is 14.8 Å². The van der Waals surface area contributed by atoms with E-state index in [9.17, 15) is 9.59 Å². The Hall–Kier alpha value is -3.02. The Morgan fingerprint density at radius 2 is 1.77 bits per heavy atom. The number of hydrogen-bond donors (Lipinski definition) is 1. The predicted molar refractivity (Wildman–Crippen MR) is 117 cm³/mol. The molecule has 2 rings (SSSR count). The lowest BCUT2D eigenvalue weighted by atomic mass is 10.1. The molecule has 0 aromatic heterocycles. The highest BCUT2D eigenvalue weighted by atomic mass is 16.5. The second-order valence-corrected chi connectivity index (χ2v) is 6.96. The number of carbonyl (C=O) groups excluding carboxylic acids is 2. The van der Waals surface area contributed by atoms with E-state index in [0.717, 1.165) is 17.1 Å². The SMILES string of the molecule is CCNC(=O)[C@H](CC)N(Cc1cccc(OC)c1)C(=O)CCCOc1ccccc1. The number of amides is 2. The number of nitrogens with one attached hydrogen (secondary N) is 1. The summed E-state index contributed by atoms with van der Waals surface area (Å²) >= 11 is 0. The predicted octanol–water partition coefficient (Wildman–Crippen LogP) is 3.80. The molecule has 0 aliphatic heterocycles. The first-order valence-corrected chi connectivity index (χ1v) is 10.5. The van der Waals surface area contributed by atoms with Crippen LogP contribution in [0.4, 0.5) is 0 Å². The molecule has 2 aromatic rings. The number of hydrogen-bond acceptors (Lipinski definition) is 4. The van der Waals surface area contributed by atoms with Gasteiger partial charge in [0.15, 0.2) is 0 Å². The van der Waals surface area contributed by atoms with Crippen LogP contribution in [0.2, 0.25) is 0 Å². The summed E-state index contributed by atoms with van der Waals surface area (Å²) in [7, 11) is 1.61. The Bertz CT molecular complexity index is 795. The Labute approximate surface area is 179 Å². The van der Waals surface area contributed by atoms with Crippen molar-refractivity contribution >= 4 is 11.8 Å². The van der Waals surface area contributed by atoms with Gasteiger partial charge in [0.05, 0.1) is 13.7 Å². The third-order valence-electron chi connectivity index (χ3n) is 4.77. The van der Waals surface area contributed by atoms with Crippen LogP contribution >= 0.6 is 0 Å². The first-order chi connectivity index (χ1) is 14.6. The summed E-state index contributed by atoms with van der Waals surface area (Å²) in [6, 6.07) is 16.6. The number of nitrogens with zero attached hydrogens (tertiary/aromatic N) is 1. The number of benzene rings is 2. The van der Waals surface area contributed by atoms with Crippen molar-refractivity contribution in [1.82, 2.24) is 10.2 Å². The van der Waals surface area contributed by atoms with Crippen molar-refractivity contribution in [3.8, 4) is 11.5 Å². The van der Waals surface area contributed by atoms with Crippen molar-refractivity contribution in [2.45, 2.75) is 45.7 Å². The zero-order valence-corrected chi connectivity index (χ0v) is 18.1. The molecule has 0 bridgehead atoms. The van der Waals surface area contributed by atoms with Crippen LogP contribution in [-0.4, -0.2) is 43.0 Å². The van der Waals surface area contributed by atoms with Gasteiger partial charge in [-0.2, -0.15) is 0 Å². The molecule has 0 saturated carbocycles. The number of rotatable bonds is 12. The van der Waals surface area contributed by atoms with E-state index in [4.69, 9.17) is 9.47 Å². The first-order valence-electron chi connectivity index (χ1n) is 10.5. The van der Waals surface area contributed by atoms with E-state index < -0.39 is 6.04 Å². The van der Waals surface area contributed by atoms with Crippen molar-refractivity contribution in [1.29, 1.82) is 0 Å². The Balaban J connectivity index is 2.06. The summed E-state index contributed by atoms with van der Waals surface area (Å²) in [6.45, 7) is 5.12. The molecule has 0 saturated heterocycles. The van der Waals surface area contributed by atoms with Crippen molar-refractivity contribution < 1.29 is 19.1 Å². The molecule has 0 heterocycles. The molecule has 30 heavy (non-hydrogen) atoms. The minimum atomic E-state index is -0.515. The molecule has 0 spiro atoms. The third kappa shape index (κ3) is 7.10. The number of carbonyl (C=O) groups is 2. The highest BCUT2D eigenvalue weighted by Gasteiger charge is 2.28. The van der Waals surface area contributed by atoms with Gasteiger partial charge in [0.1, 0.15) is 17.5 Å². The molecule has 6 nitrogen and oxygen atoms in total. The van der Waals surface area contributed by atoms with Crippen LogP contribution in [0.3, 0.4) is 0 Å². The zero-order chi connectivity index (χ0) is 21.8. The van der Waals surface area contributed by atoms with Gasteiger partial charge in [-0.25, -0.2) is 0 Å².